The van der Waals surface area contributed by atoms with Crippen LogP contribution >= 0.6 is 11.3 Å². The number of methoxy groups -OCH3 is 1. The summed E-state index contributed by atoms with van der Waals surface area (Å²) in [4.78, 5) is 15.1. The second-order valence-corrected chi connectivity index (χ2v) is 7.30. The monoisotopic (exact) mass is 385 g/mol. The molecule has 0 radical (unpaired) electrons. The van der Waals surface area contributed by atoms with Crippen LogP contribution < -0.4 is 4.74 Å². The van der Waals surface area contributed by atoms with Gasteiger partial charge < -0.3 is 14.1 Å². The van der Waals surface area contributed by atoms with E-state index in [1.54, 1.807) is 23.3 Å². The maximum atomic E-state index is 12.2. The van der Waals surface area contributed by atoms with Crippen LogP contribution in [-0.4, -0.2) is 35.2 Å². The van der Waals surface area contributed by atoms with Crippen LogP contribution in [0.5, 0.6) is 5.75 Å². The first-order chi connectivity index (χ1) is 13.1. The van der Waals surface area contributed by atoms with Crippen molar-refractivity contribution in [3.63, 3.8) is 0 Å². The molecule has 6 nitrogen and oxygen atoms in total. The maximum Gasteiger partial charge on any atom is 0.223 e. The van der Waals surface area contributed by atoms with Crippen LogP contribution in [0.1, 0.15) is 28.6 Å². The third-order valence-electron chi connectivity index (χ3n) is 4.22. The van der Waals surface area contributed by atoms with Crippen molar-refractivity contribution in [2.45, 2.75) is 32.2 Å². The Balaban J connectivity index is 1.45. The lowest BCUT2D eigenvalue weighted by Gasteiger charge is -2.15. The zero-order chi connectivity index (χ0) is 19.1. The molecule has 2 aromatic heterocycles. The molecule has 0 saturated carbocycles. The maximum absolute atomic E-state index is 12.2. The fourth-order valence-corrected chi connectivity index (χ4v) is 3.46. The zero-order valence-corrected chi connectivity index (χ0v) is 16.4. The Morgan fingerprint density at radius 1 is 1.15 bits per heavy atom. The Morgan fingerprint density at radius 2 is 1.96 bits per heavy atom. The second-order valence-electron chi connectivity index (χ2n) is 6.27. The van der Waals surface area contributed by atoms with Crippen molar-refractivity contribution in [1.82, 2.24) is 15.1 Å². The van der Waals surface area contributed by atoms with Crippen molar-refractivity contribution >= 4 is 17.2 Å². The number of carbonyl (C=O) groups excluding carboxylic acids is 1. The van der Waals surface area contributed by atoms with Gasteiger partial charge in [-0.3, -0.25) is 4.79 Å². The van der Waals surface area contributed by atoms with E-state index in [0.29, 0.717) is 37.6 Å². The molecule has 0 fully saturated rings. The number of aromatic nitrogens is 2. The van der Waals surface area contributed by atoms with Crippen molar-refractivity contribution < 1.29 is 13.9 Å². The molecular weight excluding hydrogens is 362 g/mol. The predicted molar refractivity (Wildman–Crippen MR) is 104 cm³/mol. The molecule has 27 heavy (non-hydrogen) atoms. The number of nitrogens with zero attached hydrogens (tertiary/aromatic N) is 3. The minimum absolute atomic E-state index is 0.0690. The highest BCUT2D eigenvalue weighted by Gasteiger charge is 2.13. The highest BCUT2D eigenvalue weighted by Crippen LogP contribution is 2.15. The van der Waals surface area contributed by atoms with Gasteiger partial charge >= 0.3 is 0 Å². The van der Waals surface area contributed by atoms with Crippen LogP contribution in [0, 0.1) is 0 Å². The average molecular weight is 385 g/mol. The van der Waals surface area contributed by atoms with Crippen molar-refractivity contribution in [2.75, 3.05) is 14.2 Å². The van der Waals surface area contributed by atoms with Gasteiger partial charge in [-0.25, -0.2) is 0 Å². The van der Waals surface area contributed by atoms with Crippen LogP contribution in [0.2, 0.25) is 0 Å². The molecule has 1 aromatic carbocycles. The van der Waals surface area contributed by atoms with Crippen LogP contribution in [0.25, 0.3) is 0 Å². The largest absolute Gasteiger partial charge is 0.497 e. The van der Waals surface area contributed by atoms with Gasteiger partial charge in [0.05, 0.1) is 13.7 Å². The highest BCUT2D eigenvalue weighted by molar-refractivity contribution is 7.09. The summed E-state index contributed by atoms with van der Waals surface area (Å²) < 4.78 is 10.9. The first-order valence-corrected chi connectivity index (χ1v) is 9.72. The number of rotatable bonds is 9. The molecule has 0 spiro atoms. The third kappa shape index (κ3) is 5.65. The van der Waals surface area contributed by atoms with E-state index < -0.39 is 0 Å². The smallest absolute Gasteiger partial charge is 0.223 e. The summed E-state index contributed by atoms with van der Waals surface area (Å²) in [5.41, 5.74) is 1.15. The van der Waals surface area contributed by atoms with Gasteiger partial charge in [-0.15, -0.1) is 21.5 Å². The lowest BCUT2D eigenvalue weighted by molar-refractivity contribution is -0.130. The third-order valence-corrected chi connectivity index (χ3v) is 5.08. The Bertz CT molecular complexity index is 861. The fraction of sp³-hybridized carbons (Fsp3) is 0.350. The van der Waals surface area contributed by atoms with E-state index in [-0.39, 0.29) is 5.91 Å². The molecule has 0 bridgehead atoms. The quantitative estimate of drug-likeness (QED) is 0.564. The van der Waals surface area contributed by atoms with Crippen molar-refractivity contribution in [2.24, 2.45) is 0 Å². The molecule has 3 aromatic rings. The number of hydrogen-bond acceptors (Lipinski definition) is 6. The molecule has 0 atom stereocenters. The molecule has 0 aliphatic rings. The van der Waals surface area contributed by atoms with Crippen LogP contribution in [0.15, 0.2) is 46.2 Å². The molecule has 0 aliphatic carbocycles. The Morgan fingerprint density at radius 3 is 2.70 bits per heavy atom. The van der Waals surface area contributed by atoms with Crippen LogP contribution in [-0.2, 0) is 30.6 Å². The molecule has 0 N–H and O–H groups in total. The first-order valence-electron chi connectivity index (χ1n) is 8.84. The lowest BCUT2D eigenvalue weighted by atomic mass is 10.1. The van der Waals surface area contributed by atoms with Crippen LogP contribution in [0.4, 0.5) is 0 Å². The average Bonchev–Trinajstić information content (AvgIpc) is 3.36. The summed E-state index contributed by atoms with van der Waals surface area (Å²) in [6.45, 7) is 0.631. The Kier molecular flexibility index (Phi) is 6.59. The van der Waals surface area contributed by atoms with E-state index in [1.807, 2.05) is 48.8 Å². The zero-order valence-electron chi connectivity index (χ0n) is 15.6. The Labute approximate surface area is 162 Å². The normalized spacial score (nSPS) is 10.7. The molecule has 0 saturated heterocycles. The summed E-state index contributed by atoms with van der Waals surface area (Å²) in [5, 5.41) is 10.2. The molecule has 0 aliphatic heterocycles. The van der Waals surface area contributed by atoms with Gasteiger partial charge in [0.15, 0.2) is 0 Å². The van der Waals surface area contributed by atoms with Crippen molar-refractivity contribution in [1.29, 1.82) is 0 Å². The standard InChI is InChI=1S/C20H23N3O3S/c1-23(14-17-7-4-12-27-17)20(24)11-10-19-22-21-18(26-19)9-8-15-5-3-6-16(13-15)25-2/h3-7,12-13H,8-11,14H2,1-2H3. The number of hydrogen-bond donors (Lipinski definition) is 0. The van der Waals surface area contributed by atoms with E-state index >= 15 is 0 Å². The lowest BCUT2D eigenvalue weighted by Crippen LogP contribution is -2.26. The molecular formula is C20H23N3O3S. The summed E-state index contributed by atoms with van der Waals surface area (Å²) in [7, 11) is 3.47. The molecule has 0 unspecified atom stereocenters. The number of aryl methyl sites for hydroxylation is 3. The molecule has 3 rings (SSSR count). The summed E-state index contributed by atoms with van der Waals surface area (Å²) in [5.74, 6) is 2.00. The second kappa shape index (κ2) is 9.32. The SMILES string of the molecule is COc1cccc(CCc2nnc(CCC(=O)N(C)Cc3cccs3)o2)c1. The van der Waals surface area contributed by atoms with Gasteiger partial charge in [0.2, 0.25) is 17.7 Å². The summed E-state index contributed by atoms with van der Waals surface area (Å²) >= 11 is 1.65. The number of carbonyl (C=O) groups is 1. The first kappa shape index (κ1) is 19.1. The Hall–Kier alpha value is -2.67. The number of ether oxygens (including phenoxy) is 1. The van der Waals surface area contributed by atoms with E-state index in [2.05, 4.69) is 10.2 Å². The van der Waals surface area contributed by atoms with E-state index in [0.717, 1.165) is 17.7 Å². The highest BCUT2D eigenvalue weighted by atomic mass is 32.1. The van der Waals surface area contributed by atoms with Gasteiger partial charge in [0.1, 0.15) is 5.75 Å². The van der Waals surface area contributed by atoms with E-state index in [4.69, 9.17) is 9.15 Å². The topological polar surface area (TPSA) is 68.5 Å². The van der Waals surface area contributed by atoms with Gasteiger partial charge in [0.25, 0.3) is 0 Å². The molecule has 7 heteroatoms. The fourth-order valence-electron chi connectivity index (χ4n) is 2.70. The molecule has 2 heterocycles. The van der Waals surface area contributed by atoms with E-state index in [9.17, 15) is 4.79 Å². The molecule has 1 amide bonds. The number of thiophene rings is 1. The minimum atomic E-state index is 0.0690. The van der Waals surface area contributed by atoms with E-state index in [1.165, 1.54) is 4.88 Å². The summed E-state index contributed by atoms with van der Waals surface area (Å²) in [6, 6.07) is 11.9. The van der Waals surface area contributed by atoms with Gasteiger partial charge in [-0.05, 0) is 35.6 Å². The van der Waals surface area contributed by atoms with Gasteiger partial charge in [0, 0.05) is 31.2 Å². The van der Waals surface area contributed by atoms with Gasteiger partial charge in [-0.2, -0.15) is 0 Å². The number of amides is 1. The van der Waals surface area contributed by atoms with Crippen molar-refractivity contribution in [3.8, 4) is 5.75 Å². The number of benzene rings is 1. The predicted octanol–water partition coefficient (Wildman–Crippen LogP) is 3.52. The minimum Gasteiger partial charge on any atom is -0.497 e. The summed E-state index contributed by atoms with van der Waals surface area (Å²) in [6.07, 6.45) is 2.27. The molecule has 142 valence electrons. The van der Waals surface area contributed by atoms with Crippen LogP contribution in [0.3, 0.4) is 0 Å². The van der Waals surface area contributed by atoms with Gasteiger partial charge in [-0.1, -0.05) is 18.2 Å². The van der Waals surface area contributed by atoms with Crippen molar-refractivity contribution in [3.05, 3.63) is 64.0 Å².